The van der Waals surface area contributed by atoms with Crippen LogP contribution in [0.1, 0.15) is 25.8 Å². The monoisotopic (exact) mass is 343 g/mol. The first-order valence-electron chi connectivity index (χ1n) is 6.30. The van der Waals surface area contributed by atoms with Gasteiger partial charge in [-0.05, 0) is 24.6 Å². The Labute approximate surface area is 124 Å². The minimum atomic E-state index is -0.950. The Morgan fingerprint density at radius 2 is 2.30 bits per heavy atom. The molecule has 2 unspecified atom stereocenters. The van der Waals surface area contributed by atoms with Gasteiger partial charge in [0, 0.05) is 16.3 Å². The third kappa shape index (κ3) is 2.57. The molecule has 0 saturated carbocycles. The molecule has 1 aromatic carbocycles. The van der Waals surface area contributed by atoms with Crippen LogP contribution < -0.4 is 5.32 Å². The lowest BCUT2D eigenvalue weighted by atomic mass is 9.75. The second-order valence-corrected chi connectivity index (χ2v) is 5.89. The van der Waals surface area contributed by atoms with E-state index in [1.807, 2.05) is 0 Å². The Bertz CT molecular complexity index is 563. The van der Waals surface area contributed by atoms with Gasteiger partial charge >= 0.3 is 5.97 Å². The number of halogens is 2. The molecule has 0 spiro atoms. The van der Waals surface area contributed by atoms with Crippen molar-refractivity contribution in [3.63, 3.8) is 0 Å². The molecule has 1 saturated heterocycles. The molecule has 0 bridgehead atoms. The number of hydrogen-bond donors (Lipinski definition) is 1. The van der Waals surface area contributed by atoms with Crippen LogP contribution in [0.2, 0.25) is 0 Å². The van der Waals surface area contributed by atoms with Crippen LogP contribution in [0.15, 0.2) is 22.7 Å². The van der Waals surface area contributed by atoms with Crippen LogP contribution in [0.4, 0.5) is 4.39 Å². The van der Waals surface area contributed by atoms with Gasteiger partial charge in [0.25, 0.3) is 0 Å². The maximum Gasteiger partial charge on any atom is 0.329 e. The quantitative estimate of drug-likeness (QED) is 0.856. The summed E-state index contributed by atoms with van der Waals surface area (Å²) in [7, 11) is 0. The number of rotatable bonds is 3. The first-order chi connectivity index (χ1) is 9.38. The zero-order valence-corrected chi connectivity index (χ0v) is 12.8. The van der Waals surface area contributed by atoms with E-state index in [-0.39, 0.29) is 18.9 Å². The van der Waals surface area contributed by atoms with Gasteiger partial charge in [0.2, 0.25) is 5.91 Å². The number of nitrogens with one attached hydrogen (secondary N) is 1. The van der Waals surface area contributed by atoms with Gasteiger partial charge in [-0.15, -0.1) is 0 Å². The number of esters is 1. The summed E-state index contributed by atoms with van der Waals surface area (Å²) in [4.78, 5) is 23.7. The van der Waals surface area contributed by atoms with E-state index in [0.29, 0.717) is 10.0 Å². The number of amides is 1. The lowest BCUT2D eigenvalue weighted by Crippen LogP contribution is -2.46. The molecule has 0 radical (unpaired) electrons. The van der Waals surface area contributed by atoms with Crippen molar-refractivity contribution in [2.24, 2.45) is 0 Å². The van der Waals surface area contributed by atoms with Crippen LogP contribution in [0.5, 0.6) is 0 Å². The topological polar surface area (TPSA) is 55.4 Å². The van der Waals surface area contributed by atoms with Crippen molar-refractivity contribution in [2.45, 2.75) is 31.7 Å². The zero-order valence-electron chi connectivity index (χ0n) is 11.2. The third-order valence-corrected chi connectivity index (χ3v) is 4.03. The Balaban J connectivity index is 2.44. The largest absolute Gasteiger partial charge is 0.464 e. The number of hydrogen-bond acceptors (Lipinski definition) is 3. The van der Waals surface area contributed by atoms with Crippen LogP contribution in [0.25, 0.3) is 0 Å². The first-order valence-corrected chi connectivity index (χ1v) is 7.09. The molecule has 1 aliphatic rings. The normalized spacial score (nSPS) is 25.4. The van der Waals surface area contributed by atoms with Crippen molar-refractivity contribution in [3.8, 4) is 0 Å². The van der Waals surface area contributed by atoms with Crippen molar-refractivity contribution in [2.75, 3.05) is 6.61 Å². The molecule has 1 aliphatic heterocycles. The van der Waals surface area contributed by atoms with E-state index in [1.54, 1.807) is 26.0 Å². The van der Waals surface area contributed by atoms with E-state index in [2.05, 4.69) is 21.2 Å². The van der Waals surface area contributed by atoms with Gasteiger partial charge < -0.3 is 10.1 Å². The van der Waals surface area contributed by atoms with Crippen LogP contribution in [-0.4, -0.2) is 24.5 Å². The molecule has 108 valence electrons. The molecule has 2 rings (SSSR count). The molecule has 0 aromatic heterocycles. The van der Waals surface area contributed by atoms with Crippen molar-refractivity contribution < 1.29 is 18.7 Å². The van der Waals surface area contributed by atoms with Crippen molar-refractivity contribution in [3.05, 3.63) is 34.1 Å². The van der Waals surface area contributed by atoms with Crippen molar-refractivity contribution in [1.82, 2.24) is 5.32 Å². The molecule has 2 atom stereocenters. The minimum absolute atomic E-state index is 0.0506. The van der Waals surface area contributed by atoms with Gasteiger partial charge in [-0.1, -0.05) is 28.9 Å². The summed E-state index contributed by atoms with van der Waals surface area (Å²) in [6.45, 7) is 3.59. The highest BCUT2D eigenvalue weighted by atomic mass is 79.9. The van der Waals surface area contributed by atoms with Crippen LogP contribution in [-0.2, 0) is 19.7 Å². The molecular weight excluding hydrogens is 329 g/mol. The number of ether oxygens (including phenoxy) is 1. The lowest BCUT2D eigenvalue weighted by Gasteiger charge is -2.29. The molecule has 1 N–H and O–H groups in total. The summed E-state index contributed by atoms with van der Waals surface area (Å²) in [5.41, 5.74) is -0.620. The molecule has 20 heavy (non-hydrogen) atoms. The Morgan fingerprint density at radius 3 is 2.90 bits per heavy atom. The van der Waals surface area contributed by atoms with E-state index < -0.39 is 23.2 Å². The second kappa shape index (κ2) is 5.52. The second-order valence-electron chi connectivity index (χ2n) is 4.97. The average molecular weight is 344 g/mol. The van der Waals surface area contributed by atoms with E-state index in [0.717, 1.165) is 0 Å². The number of carbonyl (C=O) groups excluding carboxylic acids is 2. The Hall–Kier alpha value is -1.43. The SMILES string of the molecule is CCOC(=O)C1NC(=O)CC1(C)c1ccc(Br)cc1F. The van der Waals surface area contributed by atoms with Gasteiger partial charge in [0.15, 0.2) is 0 Å². The van der Waals surface area contributed by atoms with Crippen molar-refractivity contribution >= 4 is 27.8 Å². The highest BCUT2D eigenvalue weighted by molar-refractivity contribution is 9.10. The van der Waals surface area contributed by atoms with E-state index in [4.69, 9.17) is 4.74 Å². The predicted molar refractivity (Wildman–Crippen MR) is 74.6 cm³/mol. The van der Waals surface area contributed by atoms with Crippen LogP contribution in [0, 0.1) is 5.82 Å². The Morgan fingerprint density at radius 1 is 1.60 bits per heavy atom. The van der Waals surface area contributed by atoms with Crippen LogP contribution in [0.3, 0.4) is 0 Å². The zero-order chi connectivity index (χ0) is 14.9. The summed E-state index contributed by atoms with van der Waals surface area (Å²) in [5.74, 6) is -1.27. The molecule has 1 heterocycles. The van der Waals surface area contributed by atoms with Gasteiger partial charge in [-0.25, -0.2) is 9.18 Å². The molecule has 4 nitrogen and oxygen atoms in total. The van der Waals surface area contributed by atoms with Gasteiger partial charge in [0.05, 0.1) is 6.61 Å². The maximum atomic E-state index is 14.2. The summed E-state index contributed by atoms with van der Waals surface area (Å²) in [5, 5.41) is 2.58. The molecule has 0 aliphatic carbocycles. The fourth-order valence-electron chi connectivity index (χ4n) is 2.55. The van der Waals surface area contributed by atoms with E-state index >= 15 is 0 Å². The van der Waals surface area contributed by atoms with E-state index in [1.165, 1.54) is 6.07 Å². The van der Waals surface area contributed by atoms with Crippen molar-refractivity contribution in [1.29, 1.82) is 0 Å². The van der Waals surface area contributed by atoms with E-state index in [9.17, 15) is 14.0 Å². The summed E-state index contributed by atoms with van der Waals surface area (Å²) in [6.07, 6.45) is 0.0506. The molecule has 1 aromatic rings. The summed E-state index contributed by atoms with van der Waals surface area (Å²) < 4.78 is 19.7. The minimum Gasteiger partial charge on any atom is -0.464 e. The summed E-state index contributed by atoms with van der Waals surface area (Å²) >= 11 is 3.19. The van der Waals surface area contributed by atoms with Gasteiger partial charge in [-0.2, -0.15) is 0 Å². The highest BCUT2D eigenvalue weighted by Gasteiger charge is 2.50. The maximum absolute atomic E-state index is 14.2. The van der Waals surface area contributed by atoms with Crippen LogP contribution >= 0.6 is 15.9 Å². The standard InChI is InChI=1S/C14H15BrFNO3/c1-3-20-13(19)12-14(2,7-11(18)17-12)9-5-4-8(15)6-10(9)16/h4-6,12H,3,7H2,1-2H3,(H,17,18). The third-order valence-electron chi connectivity index (χ3n) is 3.54. The molecular formula is C14H15BrFNO3. The molecule has 6 heteroatoms. The highest BCUT2D eigenvalue weighted by Crippen LogP contribution is 2.38. The number of carbonyl (C=O) groups is 2. The average Bonchev–Trinajstić information content (AvgIpc) is 2.65. The Kier molecular flexibility index (Phi) is 4.13. The summed E-state index contributed by atoms with van der Waals surface area (Å²) in [6, 6.07) is 3.73. The first kappa shape index (κ1) is 15.0. The fraction of sp³-hybridized carbons (Fsp3) is 0.429. The molecule has 1 amide bonds. The van der Waals surface area contributed by atoms with Gasteiger partial charge in [0.1, 0.15) is 11.9 Å². The lowest BCUT2D eigenvalue weighted by molar-refractivity contribution is -0.147. The number of benzene rings is 1. The van der Waals surface area contributed by atoms with Gasteiger partial charge in [-0.3, -0.25) is 4.79 Å². The predicted octanol–water partition coefficient (Wildman–Crippen LogP) is 2.30. The fourth-order valence-corrected chi connectivity index (χ4v) is 2.89. The molecule has 1 fully saturated rings. The smallest absolute Gasteiger partial charge is 0.329 e.